The molecule has 8 nitrogen and oxygen atoms in total. The predicted molar refractivity (Wildman–Crippen MR) is 99.2 cm³/mol. The Labute approximate surface area is 159 Å². The van der Waals surface area contributed by atoms with Gasteiger partial charge in [-0.15, -0.1) is 0 Å². The lowest BCUT2D eigenvalue weighted by Gasteiger charge is -2.37. The number of rotatable bonds is 4. The molecule has 2 fully saturated rings. The first-order chi connectivity index (χ1) is 13.0. The number of piperazine rings is 1. The van der Waals surface area contributed by atoms with Crippen LogP contribution in [0, 0.1) is 0 Å². The summed E-state index contributed by atoms with van der Waals surface area (Å²) in [5, 5.41) is 5.35. The van der Waals surface area contributed by atoms with Crippen LogP contribution in [0.25, 0.3) is 0 Å². The smallest absolute Gasteiger partial charge is 0.321 e. The van der Waals surface area contributed by atoms with E-state index in [-0.39, 0.29) is 17.9 Å². The zero-order valence-corrected chi connectivity index (χ0v) is 15.8. The van der Waals surface area contributed by atoms with Crippen LogP contribution in [0.3, 0.4) is 0 Å². The van der Waals surface area contributed by atoms with Crippen molar-refractivity contribution in [1.82, 2.24) is 20.4 Å². The van der Waals surface area contributed by atoms with Crippen LogP contribution in [0.5, 0.6) is 0 Å². The minimum Gasteiger partial charge on any atom is -0.459 e. The van der Waals surface area contributed by atoms with Gasteiger partial charge in [0, 0.05) is 32.2 Å². The molecule has 0 radical (unpaired) electrons. The summed E-state index contributed by atoms with van der Waals surface area (Å²) in [6.07, 6.45) is 6.89. The Kier molecular flexibility index (Phi) is 6.49. The highest BCUT2D eigenvalue weighted by atomic mass is 16.3. The van der Waals surface area contributed by atoms with Crippen molar-refractivity contribution in [2.24, 2.45) is 0 Å². The van der Waals surface area contributed by atoms with Gasteiger partial charge < -0.3 is 14.6 Å². The lowest BCUT2D eigenvalue weighted by molar-refractivity contribution is -0.125. The Morgan fingerprint density at radius 2 is 1.81 bits per heavy atom. The summed E-state index contributed by atoms with van der Waals surface area (Å²) in [6.45, 7) is 3.97. The topological polar surface area (TPSA) is 94.9 Å². The minimum atomic E-state index is -0.428. The molecule has 2 N–H and O–H groups in total. The Morgan fingerprint density at radius 3 is 2.44 bits per heavy atom. The number of nitrogens with zero attached hydrogens (tertiary/aromatic N) is 2. The highest BCUT2D eigenvalue weighted by Gasteiger charge is 2.29. The summed E-state index contributed by atoms with van der Waals surface area (Å²) < 4.78 is 5.15. The van der Waals surface area contributed by atoms with Crippen molar-refractivity contribution in [3.8, 4) is 0 Å². The second-order valence-corrected chi connectivity index (χ2v) is 7.28. The molecule has 1 unspecified atom stereocenters. The van der Waals surface area contributed by atoms with Gasteiger partial charge in [-0.3, -0.25) is 19.8 Å². The fourth-order valence-electron chi connectivity index (χ4n) is 3.72. The second kappa shape index (κ2) is 9.03. The van der Waals surface area contributed by atoms with E-state index in [0.29, 0.717) is 31.9 Å². The maximum atomic E-state index is 12.4. The summed E-state index contributed by atoms with van der Waals surface area (Å²) in [5.41, 5.74) is 0. The third-order valence-electron chi connectivity index (χ3n) is 5.44. The Bertz CT molecular complexity index is 647. The highest BCUT2D eigenvalue weighted by molar-refractivity contribution is 5.97. The summed E-state index contributed by atoms with van der Waals surface area (Å²) in [5.74, 6) is -0.119. The second-order valence-electron chi connectivity index (χ2n) is 7.28. The fourth-order valence-corrected chi connectivity index (χ4v) is 3.72. The molecule has 148 valence electrons. The monoisotopic (exact) mass is 376 g/mol. The molecule has 1 aliphatic carbocycles. The summed E-state index contributed by atoms with van der Waals surface area (Å²) in [6, 6.07) is 2.66. The van der Waals surface area contributed by atoms with Gasteiger partial charge in [0.15, 0.2) is 5.76 Å². The van der Waals surface area contributed by atoms with E-state index >= 15 is 0 Å². The highest BCUT2D eigenvalue weighted by Crippen LogP contribution is 2.17. The van der Waals surface area contributed by atoms with E-state index in [0.717, 1.165) is 25.7 Å². The number of urea groups is 1. The SMILES string of the molecule is CC(C(=O)NC(=O)NC1CCCCC1)N1CCN(C(=O)c2ccco2)CC1. The lowest BCUT2D eigenvalue weighted by Crippen LogP contribution is -2.56. The summed E-state index contributed by atoms with van der Waals surface area (Å²) >= 11 is 0. The van der Waals surface area contributed by atoms with Gasteiger partial charge in [-0.05, 0) is 31.9 Å². The molecule has 1 saturated heterocycles. The lowest BCUT2D eigenvalue weighted by atomic mass is 9.96. The molecule has 1 aromatic rings. The van der Waals surface area contributed by atoms with Crippen LogP contribution in [-0.2, 0) is 4.79 Å². The normalized spacial score (nSPS) is 20.1. The van der Waals surface area contributed by atoms with Crippen LogP contribution in [0.1, 0.15) is 49.6 Å². The maximum absolute atomic E-state index is 12.4. The molecule has 0 bridgehead atoms. The van der Waals surface area contributed by atoms with Gasteiger partial charge >= 0.3 is 6.03 Å². The first-order valence-electron chi connectivity index (χ1n) is 9.73. The molecular formula is C19H28N4O4. The molecule has 8 heteroatoms. The van der Waals surface area contributed by atoms with Crippen LogP contribution < -0.4 is 10.6 Å². The standard InChI is InChI=1S/C19H28N4O4/c1-14(17(24)21-19(26)20-15-6-3-2-4-7-15)22-9-11-23(12-10-22)18(25)16-8-5-13-27-16/h5,8,13-15H,2-4,6-7,9-12H2,1H3,(H2,20,21,24,26). The van der Waals surface area contributed by atoms with E-state index in [9.17, 15) is 14.4 Å². The first kappa shape index (κ1) is 19.4. The van der Waals surface area contributed by atoms with E-state index in [1.165, 1.54) is 12.7 Å². The third-order valence-corrected chi connectivity index (χ3v) is 5.44. The van der Waals surface area contributed by atoms with E-state index < -0.39 is 12.1 Å². The van der Waals surface area contributed by atoms with Crippen molar-refractivity contribution in [3.05, 3.63) is 24.2 Å². The van der Waals surface area contributed by atoms with Crippen molar-refractivity contribution in [2.75, 3.05) is 26.2 Å². The predicted octanol–water partition coefficient (Wildman–Crippen LogP) is 1.58. The number of carbonyl (C=O) groups excluding carboxylic acids is 3. The largest absolute Gasteiger partial charge is 0.459 e. The molecule has 2 heterocycles. The van der Waals surface area contributed by atoms with Crippen LogP contribution in [0.15, 0.2) is 22.8 Å². The zero-order chi connectivity index (χ0) is 19.2. The van der Waals surface area contributed by atoms with Gasteiger partial charge in [0.2, 0.25) is 5.91 Å². The Balaban J connectivity index is 1.42. The molecule has 4 amide bonds. The minimum absolute atomic E-state index is 0.136. The van der Waals surface area contributed by atoms with E-state index in [1.54, 1.807) is 24.0 Å². The van der Waals surface area contributed by atoms with E-state index in [2.05, 4.69) is 10.6 Å². The van der Waals surface area contributed by atoms with Gasteiger partial charge in [-0.1, -0.05) is 19.3 Å². The number of nitrogens with one attached hydrogen (secondary N) is 2. The third kappa shape index (κ3) is 5.09. The molecule has 1 aromatic heterocycles. The molecule has 1 saturated carbocycles. The van der Waals surface area contributed by atoms with Crippen molar-refractivity contribution in [2.45, 2.75) is 51.1 Å². The zero-order valence-electron chi connectivity index (χ0n) is 15.8. The molecule has 2 aliphatic rings. The van der Waals surface area contributed by atoms with Crippen molar-refractivity contribution < 1.29 is 18.8 Å². The summed E-state index contributed by atoms with van der Waals surface area (Å²) in [4.78, 5) is 40.4. The van der Waals surface area contributed by atoms with Crippen molar-refractivity contribution >= 4 is 17.8 Å². The van der Waals surface area contributed by atoms with Crippen LogP contribution in [0.2, 0.25) is 0 Å². The van der Waals surface area contributed by atoms with Gasteiger partial charge in [-0.2, -0.15) is 0 Å². The number of furan rings is 1. The molecule has 1 aliphatic heterocycles. The molecular weight excluding hydrogens is 348 g/mol. The molecule has 0 spiro atoms. The average molecular weight is 376 g/mol. The van der Waals surface area contributed by atoms with E-state index in [4.69, 9.17) is 4.42 Å². The quantitative estimate of drug-likeness (QED) is 0.832. The van der Waals surface area contributed by atoms with Crippen LogP contribution >= 0.6 is 0 Å². The van der Waals surface area contributed by atoms with Gasteiger partial charge in [0.05, 0.1) is 12.3 Å². The Hall–Kier alpha value is -2.35. The molecule has 0 aromatic carbocycles. The number of hydrogen-bond acceptors (Lipinski definition) is 5. The van der Waals surface area contributed by atoms with Crippen LogP contribution in [0.4, 0.5) is 4.79 Å². The number of imide groups is 1. The fraction of sp³-hybridized carbons (Fsp3) is 0.632. The molecule has 1 atom stereocenters. The molecule has 3 rings (SSSR count). The van der Waals surface area contributed by atoms with Crippen molar-refractivity contribution in [1.29, 1.82) is 0 Å². The first-order valence-corrected chi connectivity index (χ1v) is 9.73. The van der Waals surface area contributed by atoms with Gasteiger partial charge in [0.25, 0.3) is 5.91 Å². The number of amides is 4. The average Bonchev–Trinajstić information content (AvgIpc) is 3.22. The number of hydrogen-bond donors (Lipinski definition) is 2. The number of carbonyl (C=O) groups is 3. The molecule has 27 heavy (non-hydrogen) atoms. The van der Waals surface area contributed by atoms with Gasteiger partial charge in [-0.25, -0.2) is 4.79 Å². The summed E-state index contributed by atoms with van der Waals surface area (Å²) in [7, 11) is 0. The van der Waals surface area contributed by atoms with Gasteiger partial charge in [0.1, 0.15) is 0 Å². The van der Waals surface area contributed by atoms with E-state index in [1.807, 2.05) is 4.90 Å². The maximum Gasteiger partial charge on any atom is 0.321 e. The Morgan fingerprint density at radius 1 is 1.11 bits per heavy atom. The van der Waals surface area contributed by atoms with Crippen molar-refractivity contribution in [3.63, 3.8) is 0 Å². The van der Waals surface area contributed by atoms with Crippen LogP contribution in [-0.4, -0.2) is 65.9 Å².